The summed E-state index contributed by atoms with van der Waals surface area (Å²) in [6.07, 6.45) is 0. The number of benzene rings is 1. The lowest BCUT2D eigenvalue weighted by Gasteiger charge is -2.13. The Morgan fingerprint density at radius 2 is 1.95 bits per heavy atom. The van der Waals surface area contributed by atoms with E-state index in [1.165, 1.54) is 28.9 Å². The molecule has 0 aliphatic heterocycles. The molecule has 0 spiro atoms. The molecule has 0 saturated carbocycles. The van der Waals surface area contributed by atoms with Crippen LogP contribution in [0.2, 0.25) is 0 Å². The van der Waals surface area contributed by atoms with Crippen molar-refractivity contribution in [3.63, 3.8) is 0 Å². The minimum Gasteiger partial charge on any atom is -0.364 e. The number of nitrogens with zero attached hydrogens (tertiary/aromatic N) is 3. The first kappa shape index (κ1) is 14.6. The molecule has 2 rings (SSSR count). The molecule has 2 amide bonds. The number of aromatic nitrogens is 3. The van der Waals surface area contributed by atoms with Gasteiger partial charge >= 0.3 is 0 Å². The third-order valence-electron chi connectivity index (χ3n) is 3.02. The fraction of sp³-hybridized carbons (Fsp3) is 0.231. The molecule has 0 radical (unpaired) electrons. The Morgan fingerprint density at radius 1 is 1.33 bits per heavy atom. The van der Waals surface area contributed by atoms with Crippen LogP contribution in [-0.2, 0) is 4.79 Å². The van der Waals surface area contributed by atoms with Gasteiger partial charge in [-0.25, -0.2) is 9.07 Å². The van der Waals surface area contributed by atoms with Gasteiger partial charge in [0.1, 0.15) is 11.9 Å². The van der Waals surface area contributed by atoms with Gasteiger partial charge in [-0.05, 0) is 38.1 Å². The van der Waals surface area contributed by atoms with Gasteiger partial charge in [0.15, 0.2) is 5.69 Å². The molecular formula is C13H14FN5O2. The van der Waals surface area contributed by atoms with Crippen molar-refractivity contribution >= 4 is 17.5 Å². The lowest BCUT2D eigenvalue weighted by atomic mass is 10.2. The van der Waals surface area contributed by atoms with Gasteiger partial charge in [-0.3, -0.25) is 9.59 Å². The zero-order valence-corrected chi connectivity index (χ0v) is 11.5. The minimum atomic E-state index is -0.704. The van der Waals surface area contributed by atoms with Crippen molar-refractivity contribution in [3.8, 4) is 0 Å². The van der Waals surface area contributed by atoms with Crippen LogP contribution in [0.4, 0.5) is 10.1 Å². The van der Waals surface area contributed by atoms with Crippen LogP contribution in [-0.4, -0.2) is 26.8 Å². The molecule has 1 heterocycles. The van der Waals surface area contributed by atoms with E-state index in [9.17, 15) is 14.0 Å². The number of rotatable bonds is 4. The summed E-state index contributed by atoms with van der Waals surface area (Å²) in [5.41, 5.74) is 6.04. The Labute approximate surface area is 119 Å². The first-order valence-corrected chi connectivity index (χ1v) is 6.18. The van der Waals surface area contributed by atoms with Crippen LogP contribution in [0.25, 0.3) is 0 Å². The van der Waals surface area contributed by atoms with Gasteiger partial charge in [-0.1, -0.05) is 5.21 Å². The maximum atomic E-state index is 12.8. The monoisotopic (exact) mass is 291 g/mol. The minimum absolute atomic E-state index is 0.0245. The molecule has 8 heteroatoms. The molecule has 0 saturated heterocycles. The van der Waals surface area contributed by atoms with Gasteiger partial charge in [0.05, 0.1) is 5.69 Å². The number of carbonyl (C=O) groups excluding carboxylic acids is 2. The van der Waals surface area contributed by atoms with Crippen molar-refractivity contribution in [2.24, 2.45) is 5.73 Å². The maximum absolute atomic E-state index is 12.8. The highest BCUT2D eigenvalue weighted by atomic mass is 19.1. The second-order valence-corrected chi connectivity index (χ2v) is 4.50. The van der Waals surface area contributed by atoms with Crippen molar-refractivity contribution in [2.45, 2.75) is 19.9 Å². The van der Waals surface area contributed by atoms with E-state index in [-0.39, 0.29) is 17.4 Å². The molecule has 3 N–H and O–H groups in total. The van der Waals surface area contributed by atoms with Crippen LogP contribution in [0, 0.1) is 12.7 Å². The van der Waals surface area contributed by atoms with E-state index in [0.717, 1.165) is 0 Å². The number of hydrogen-bond acceptors (Lipinski definition) is 4. The Balaban J connectivity index is 2.16. The molecule has 0 fully saturated rings. The van der Waals surface area contributed by atoms with Crippen LogP contribution >= 0.6 is 0 Å². The molecule has 0 bridgehead atoms. The smallest absolute Gasteiger partial charge is 0.271 e. The van der Waals surface area contributed by atoms with Crippen molar-refractivity contribution in [1.29, 1.82) is 0 Å². The molecule has 1 unspecified atom stereocenters. The van der Waals surface area contributed by atoms with Crippen molar-refractivity contribution in [1.82, 2.24) is 15.0 Å². The van der Waals surface area contributed by atoms with Crippen molar-refractivity contribution in [2.75, 3.05) is 5.32 Å². The summed E-state index contributed by atoms with van der Waals surface area (Å²) in [5.74, 6) is -1.46. The van der Waals surface area contributed by atoms with Crippen LogP contribution in [0.15, 0.2) is 24.3 Å². The fourth-order valence-electron chi connectivity index (χ4n) is 1.83. The van der Waals surface area contributed by atoms with Gasteiger partial charge in [-0.15, -0.1) is 5.10 Å². The van der Waals surface area contributed by atoms with Crippen molar-refractivity contribution < 1.29 is 14.0 Å². The summed E-state index contributed by atoms with van der Waals surface area (Å²) in [4.78, 5) is 23.2. The summed E-state index contributed by atoms with van der Waals surface area (Å²) >= 11 is 0. The molecule has 110 valence electrons. The summed E-state index contributed by atoms with van der Waals surface area (Å²) in [5, 5.41) is 10.0. The van der Waals surface area contributed by atoms with Gasteiger partial charge in [0, 0.05) is 5.69 Å². The number of nitrogens with one attached hydrogen (secondary N) is 1. The lowest BCUT2D eigenvalue weighted by molar-refractivity contribution is -0.119. The van der Waals surface area contributed by atoms with E-state index in [1.54, 1.807) is 13.8 Å². The maximum Gasteiger partial charge on any atom is 0.271 e. The molecule has 1 aromatic heterocycles. The third-order valence-corrected chi connectivity index (χ3v) is 3.02. The number of carbonyl (C=O) groups is 2. The predicted molar refractivity (Wildman–Crippen MR) is 73.0 cm³/mol. The average Bonchev–Trinajstić information content (AvgIpc) is 2.82. The standard InChI is InChI=1S/C13H14FN5O2/c1-7-11(12(15)20)17-18-19(7)8(2)13(21)16-10-5-3-9(14)4-6-10/h3-6,8H,1-2H3,(H2,15,20)(H,16,21). The molecule has 1 atom stereocenters. The highest BCUT2D eigenvalue weighted by molar-refractivity contribution is 5.94. The topological polar surface area (TPSA) is 103 Å². The lowest BCUT2D eigenvalue weighted by Crippen LogP contribution is -2.25. The van der Waals surface area contributed by atoms with Crippen molar-refractivity contribution in [3.05, 3.63) is 41.5 Å². The highest BCUT2D eigenvalue weighted by Crippen LogP contribution is 2.14. The number of anilines is 1. The number of hydrogen-bond donors (Lipinski definition) is 2. The van der Waals surface area contributed by atoms with Gasteiger partial charge in [-0.2, -0.15) is 0 Å². The normalized spacial score (nSPS) is 12.0. The first-order valence-electron chi connectivity index (χ1n) is 6.18. The largest absolute Gasteiger partial charge is 0.364 e. The highest BCUT2D eigenvalue weighted by Gasteiger charge is 2.22. The number of halogens is 1. The molecule has 1 aromatic carbocycles. The zero-order chi connectivity index (χ0) is 15.6. The summed E-state index contributed by atoms with van der Waals surface area (Å²) in [6, 6.07) is 4.68. The van der Waals surface area contributed by atoms with E-state index in [1.807, 2.05) is 0 Å². The third kappa shape index (κ3) is 3.04. The Bertz CT molecular complexity index is 680. The van der Waals surface area contributed by atoms with Crippen LogP contribution in [0.3, 0.4) is 0 Å². The Kier molecular flexibility index (Phi) is 3.97. The van der Waals surface area contributed by atoms with Gasteiger partial charge in [0.25, 0.3) is 5.91 Å². The molecule has 2 aromatic rings. The Hall–Kier alpha value is -2.77. The van der Waals surface area contributed by atoms with E-state index in [4.69, 9.17) is 5.73 Å². The second kappa shape index (κ2) is 5.70. The number of amides is 2. The molecule has 7 nitrogen and oxygen atoms in total. The molecule has 21 heavy (non-hydrogen) atoms. The fourth-order valence-corrected chi connectivity index (χ4v) is 1.83. The van der Waals surface area contributed by atoms with E-state index < -0.39 is 11.9 Å². The summed E-state index contributed by atoms with van der Waals surface area (Å²) in [6.45, 7) is 3.20. The predicted octanol–water partition coefficient (Wildman–Crippen LogP) is 1.02. The SMILES string of the molecule is Cc1c(C(N)=O)nnn1C(C)C(=O)Nc1ccc(F)cc1. The Morgan fingerprint density at radius 3 is 2.48 bits per heavy atom. The number of nitrogens with two attached hydrogens (primary N) is 1. The molecule has 0 aliphatic rings. The van der Waals surface area contributed by atoms with Gasteiger partial charge < -0.3 is 11.1 Å². The number of primary amides is 1. The van der Waals surface area contributed by atoms with E-state index in [2.05, 4.69) is 15.6 Å². The van der Waals surface area contributed by atoms with Crippen LogP contribution in [0.5, 0.6) is 0 Å². The second-order valence-electron chi connectivity index (χ2n) is 4.50. The van der Waals surface area contributed by atoms with Crippen LogP contribution < -0.4 is 11.1 Å². The van der Waals surface area contributed by atoms with Crippen LogP contribution in [0.1, 0.15) is 29.1 Å². The summed E-state index contributed by atoms with van der Waals surface area (Å²) < 4.78 is 14.1. The quantitative estimate of drug-likeness (QED) is 0.877. The molecular weight excluding hydrogens is 277 g/mol. The van der Waals surface area contributed by atoms with Gasteiger partial charge in [0.2, 0.25) is 5.91 Å². The average molecular weight is 291 g/mol. The van der Waals surface area contributed by atoms with E-state index >= 15 is 0 Å². The van der Waals surface area contributed by atoms with E-state index in [0.29, 0.717) is 11.4 Å². The zero-order valence-electron chi connectivity index (χ0n) is 11.5. The summed E-state index contributed by atoms with van der Waals surface area (Å²) in [7, 11) is 0. The first-order chi connectivity index (χ1) is 9.90. The molecule has 0 aliphatic carbocycles.